The van der Waals surface area contributed by atoms with E-state index in [4.69, 9.17) is 0 Å². The van der Waals surface area contributed by atoms with E-state index in [2.05, 4.69) is 20.1 Å². The Morgan fingerprint density at radius 2 is 1.89 bits per heavy atom. The Kier molecular flexibility index (Phi) is 5.37. The van der Waals surface area contributed by atoms with E-state index < -0.39 is 0 Å². The van der Waals surface area contributed by atoms with Gasteiger partial charge in [-0.15, -0.1) is 10.2 Å². The molecule has 1 aromatic heterocycles. The van der Waals surface area contributed by atoms with Gasteiger partial charge in [0.05, 0.1) is 12.1 Å². The first-order valence-electron chi connectivity index (χ1n) is 9.75. The van der Waals surface area contributed by atoms with Crippen LogP contribution in [0.15, 0.2) is 48.5 Å². The summed E-state index contributed by atoms with van der Waals surface area (Å²) in [6.07, 6.45) is 5.07. The van der Waals surface area contributed by atoms with E-state index in [0.29, 0.717) is 13.0 Å². The number of nitrogens with zero attached hydrogens (tertiary/aromatic N) is 3. The normalized spacial score (nSPS) is 13.6. The van der Waals surface area contributed by atoms with Crippen molar-refractivity contribution < 1.29 is 9.90 Å². The number of fused-ring (bicyclic) bond motifs is 1. The molecule has 0 saturated heterocycles. The number of carbonyl (C=O) groups is 1. The Balaban J connectivity index is 1.46. The SMILES string of the molecule is O=C(NCc1nnc2n1CCCCC2)c1cc(Cc2ccccc2)ccc1O. The van der Waals surface area contributed by atoms with Crippen LogP contribution in [-0.4, -0.2) is 25.8 Å². The summed E-state index contributed by atoms with van der Waals surface area (Å²) >= 11 is 0. The predicted octanol–water partition coefficient (Wildman–Crippen LogP) is 3.23. The molecule has 2 N–H and O–H groups in total. The van der Waals surface area contributed by atoms with Crippen LogP contribution in [0.3, 0.4) is 0 Å². The van der Waals surface area contributed by atoms with Gasteiger partial charge in [0.2, 0.25) is 0 Å². The molecule has 1 amide bonds. The Morgan fingerprint density at radius 1 is 1.04 bits per heavy atom. The lowest BCUT2D eigenvalue weighted by atomic mass is 10.0. The van der Waals surface area contributed by atoms with Crippen molar-refractivity contribution in [2.24, 2.45) is 0 Å². The molecule has 0 unspecified atom stereocenters. The second-order valence-corrected chi connectivity index (χ2v) is 7.19. The van der Waals surface area contributed by atoms with Gasteiger partial charge in [0.25, 0.3) is 5.91 Å². The van der Waals surface area contributed by atoms with Crippen molar-refractivity contribution in [3.63, 3.8) is 0 Å². The highest BCUT2D eigenvalue weighted by Gasteiger charge is 2.17. The maximum atomic E-state index is 12.7. The summed E-state index contributed by atoms with van der Waals surface area (Å²) < 4.78 is 2.11. The lowest BCUT2D eigenvalue weighted by Crippen LogP contribution is -2.25. The third-order valence-electron chi connectivity index (χ3n) is 5.15. The molecule has 2 aromatic carbocycles. The largest absolute Gasteiger partial charge is 0.507 e. The second kappa shape index (κ2) is 8.25. The molecule has 4 rings (SSSR count). The summed E-state index contributed by atoms with van der Waals surface area (Å²) in [6, 6.07) is 15.2. The van der Waals surface area contributed by atoms with Crippen molar-refractivity contribution in [3.05, 3.63) is 76.9 Å². The number of rotatable bonds is 5. The van der Waals surface area contributed by atoms with E-state index in [1.54, 1.807) is 12.1 Å². The molecule has 0 spiro atoms. The maximum Gasteiger partial charge on any atom is 0.255 e. The minimum absolute atomic E-state index is 0.0191. The summed E-state index contributed by atoms with van der Waals surface area (Å²) in [5.41, 5.74) is 2.42. The molecule has 0 saturated carbocycles. The zero-order valence-electron chi connectivity index (χ0n) is 15.8. The van der Waals surface area contributed by atoms with Gasteiger partial charge in [0, 0.05) is 13.0 Å². The quantitative estimate of drug-likeness (QED) is 0.716. The fourth-order valence-electron chi connectivity index (χ4n) is 3.64. The molecule has 0 aliphatic carbocycles. The number of hydrogen-bond acceptors (Lipinski definition) is 4. The van der Waals surface area contributed by atoms with Gasteiger partial charge in [-0.3, -0.25) is 4.79 Å². The summed E-state index contributed by atoms with van der Waals surface area (Å²) in [7, 11) is 0. The summed E-state index contributed by atoms with van der Waals surface area (Å²) in [5.74, 6) is 1.44. The fraction of sp³-hybridized carbons (Fsp3) is 0.318. The number of phenols is 1. The average molecular weight is 376 g/mol. The zero-order chi connectivity index (χ0) is 19.3. The molecular weight excluding hydrogens is 352 g/mol. The molecule has 0 radical (unpaired) electrons. The van der Waals surface area contributed by atoms with Gasteiger partial charge in [-0.2, -0.15) is 0 Å². The van der Waals surface area contributed by atoms with Gasteiger partial charge in [0.1, 0.15) is 11.6 Å². The minimum Gasteiger partial charge on any atom is -0.507 e. The molecule has 1 aliphatic heterocycles. The first-order valence-corrected chi connectivity index (χ1v) is 9.75. The molecule has 1 aliphatic rings. The molecule has 144 valence electrons. The Labute approximate surface area is 164 Å². The van der Waals surface area contributed by atoms with Crippen molar-refractivity contribution in [2.75, 3.05) is 0 Å². The standard InChI is InChI=1S/C22H24N4O2/c27-19-11-10-17(13-16-7-3-1-4-8-16)14-18(19)22(28)23-15-21-25-24-20-9-5-2-6-12-26(20)21/h1,3-4,7-8,10-11,14,27H,2,5-6,9,12-13,15H2,(H,23,28). The molecule has 6 heteroatoms. The first-order chi connectivity index (χ1) is 13.7. The number of carbonyl (C=O) groups excluding carboxylic acids is 1. The number of amides is 1. The van der Waals surface area contributed by atoms with Crippen LogP contribution in [0.1, 0.15) is 52.4 Å². The number of aromatic nitrogens is 3. The van der Waals surface area contributed by atoms with Crippen molar-refractivity contribution >= 4 is 5.91 Å². The van der Waals surface area contributed by atoms with Gasteiger partial charge >= 0.3 is 0 Å². The molecular formula is C22H24N4O2. The van der Waals surface area contributed by atoms with E-state index in [-0.39, 0.29) is 17.2 Å². The van der Waals surface area contributed by atoms with E-state index >= 15 is 0 Å². The van der Waals surface area contributed by atoms with E-state index in [1.807, 2.05) is 36.4 Å². The molecule has 3 aromatic rings. The number of phenolic OH excluding ortho intramolecular Hbond substituents is 1. The van der Waals surface area contributed by atoms with Crippen molar-refractivity contribution in [2.45, 2.75) is 45.2 Å². The Hall–Kier alpha value is -3.15. The van der Waals surface area contributed by atoms with E-state index in [0.717, 1.165) is 48.6 Å². The van der Waals surface area contributed by atoms with Gasteiger partial charge in [0.15, 0.2) is 5.82 Å². The van der Waals surface area contributed by atoms with Gasteiger partial charge in [-0.1, -0.05) is 42.8 Å². The predicted molar refractivity (Wildman–Crippen MR) is 106 cm³/mol. The first kappa shape index (κ1) is 18.2. The van der Waals surface area contributed by atoms with Gasteiger partial charge in [-0.25, -0.2) is 0 Å². The van der Waals surface area contributed by atoms with Crippen molar-refractivity contribution in [1.82, 2.24) is 20.1 Å². The molecule has 28 heavy (non-hydrogen) atoms. The number of aromatic hydroxyl groups is 1. The topological polar surface area (TPSA) is 80.0 Å². The van der Waals surface area contributed by atoms with Crippen LogP contribution >= 0.6 is 0 Å². The lowest BCUT2D eigenvalue weighted by molar-refractivity contribution is 0.0946. The summed E-state index contributed by atoms with van der Waals surface area (Å²) in [6.45, 7) is 1.19. The third-order valence-corrected chi connectivity index (χ3v) is 5.15. The van der Waals surface area contributed by atoms with Crippen molar-refractivity contribution in [3.8, 4) is 5.75 Å². The van der Waals surface area contributed by atoms with Crippen LogP contribution in [0.2, 0.25) is 0 Å². The van der Waals surface area contributed by atoms with E-state index in [9.17, 15) is 9.90 Å². The molecule has 0 bridgehead atoms. The highest BCUT2D eigenvalue weighted by Crippen LogP contribution is 2.21. The van der Waals surface area contributed by atoms with Crippen LogP contribution in [-0.2, 0) is 25.9 Å². The zero-order valence-corrected chi connectivity index (χ0v) is 15.8. The Bertz CT molecular complexity index is 966. The van der Waals surface area contributed by atoms with E-state index in [1.165, 1.54) is 6.42 Å². The average Bonchev–Trinajstić information content (AvgIpc) is 2.94. The minimum atomic E-state index is -0.307. The number of nitrogens with one attached hydrogen (secondary N) is 1. The monoisotopic (exact) mass is 376 g/mol. The molecule has 0 atom stereocenters. The van der Waals surface area contributed by atoms with Crippen LogP contribution < -0.4 is 5.32 Å². The van der Waals surface area contributed by atoms with Gasteiger partial charge < -0.3 is 15.0 Å². The summed E-state index contributed by atoms with van der Waals surface area (Å²) in [4.78, 5) is 12.7. The smallest absolute Gasteiger partial charge is 0.255 e. The number of aryl methyl sites for hydroxylation is 1. The highest BCUT2D eigenvalue weighted by molar-refractivity contribution is 5.96. The lowest BCUT2D eigenvalue weighted by Gasteiger charge is -2.10. The second-order valence-electron chi connectivity index (χ2n) is 7.19. The van der Waals surface area contributed by atoms with Crippen LogP contribution in [0.4, 0.5) is 0 Å². The van der Waals surface area contributed by atoms with Crippen LogP contribution in [0, 0.1) is 0 Å². The van der Waals surface area contributed by atoms with Crippen molar-refractivity contribution in [1.29, 1.82) is 0 Å². The molecule has 6 nitrogen and oxygen atoms in total. The summed E-state index contributed by atoms with van der Waals surface area (Å²) in [5, 5.41) is 21.5. The number of benzene rings is 2. The fourth-order valence-corrected chi connectivity index (χ4v) is 3.64. The molecule has 2 heterocycles. The van der Waals surface area contributed by atoms with Gasteiger partial charge in [-0.05, 0) is 42.5 Å². The highest BCUT2D eigenvalue weighted by atomic mass is 16.3. The van der Waals surface area contributed by atoms with Crippen LogP contribution in [0.5, 0.6) is 5.75 Å². The Morgan fingerprint density at radius 3 is 2.75 bits per heavy atom. The molecule has 0 fully saturated rings. The maximum absolute atomic E-state index is 12.7. The van der Waals surface area contributed by atoms with Crippen LogP contribution in [0.25, 0.3) is 0 Å². The number of hydrogen-bond donors (Lipinski definition) is 2. The third kappa shape index (κ3) is 4.06.